The summed E-state index contributed by atoms with van der Waals surface area (Å²) in [6.45, 7) is 3.06. The number of aliphatic hydroxyl groups is 1. The molecule has 0 saturated carbocycles. The predicted octanol–water partition coefficient (Wildman–Crippen LogP) is 14.8. The highest BCUT2D eigenvalue weighted by Gasteiger charge is 2.34. The molecular formula is C54H36Cl4F6N8O4. The van der Waals surface area contributed by atoms with Crippen LogP contribution in [0, 0.1) is 0 Å². The van der Waals surface area contributed by atoms with Crippen molar-refractivity contribution in [3.63, 3.8) is 0 Å². The Bertz CT molecular complexity index is 3770. The normalized spacial score (nSPS) is 12.8. The summed E-state index contributed by atoms with van der Waals surface area (Å²) in [5.74, 6) is 0.455. The van der Waals surface area contributed by atoms with Crippen molar-refractivity contribution in [3.05, 3.63) is 171 Å². The van der Waals surface area contributed by atoms with E-state index in [0.29, 0.717) is 71.3 Å². The maximum absolute atomic E-state index is 13.7. The second-order valence-corrected chi connectivity index (χ2v) is 19.0. The highest BCUT2D eigenvalue weighted by Crippen LogP contribution is 2.43. The second kappa shape index (κ2) is 20.9. The Morgan fingerprint density at radius 3 is 1.50 bits per heavy atom. The number of nitrogens with zero attached hydrogens (tertiary/aromatic N) is 8. The van der Waals surface area contributed by atoms with Crippen LogP contribution in [0.1, 0.15) is 25.2 Å². The fraction of sp³-hybridized carbons (Fsp3) is 0.148. The Balaban J connectivity index is 1.00. The zero-order valence-corrected chi connectivity index (χ0v) is 42.4. The van der Waals surface area contributed by atoms with E-state index in [9.17, 15) is 31.4 Å². The number of aromatic nitrogens is 8. The van der Waals surface area contributed by atoms with Crippen LogP contribution in [-0.2, 0) is 12.4 Å². The average Bonchev–Trinajstić information content (AvgIpc) is 3.97. The van der Waals surface area contributed by atoms with Crippen molar-refractivity contribution in [2.45, 2.75) is 38.4 Å². The fourth-order valence-corrected chi connectivity index (χ4v) is 8.93. The molecule has 386 valence electrons. The van der Waals surface area contributed by atoms with E-state index in [4.69, 9.17) is 80.8 Å². The van der Waals surface area contributed by atoms with Crippen LogP contribution in [-0.4, -0.2) is 69.7 Å². The number of fused-ring (bicyclic) bond motifs is 2. The molecule has 1 N–H and O–H groups in total. The van der Waals surface area contributed by atoms with E-state index in [1.54, 1.807) is 97.9 Å². The molecule has 22 heteroatoms. The van der Waals surface area contributed by atoms with Gasteiger partial charge in [-0.3, -0.25) is 9.97 Å². The lowest BCUT2D eigenvalue weighted by atomic mass is 10.0. The highest BCUT2D eigenvalue weighted by atomic mass is 35.5. The summed E-state index contributed by atoms with van der Waals surface area (Å²) in [6.07, 6.45) is -8.77. The number of alkyl halides is 6. The van der Waals surface area contributed by atoms with E-state index in [1.807, 2.05) is 0 Å². The standard InChI is InChI=1S/C54H36Cl4F6N8O4/c1-28(73)26-75-45-22-41(32-11-19-43(65-24-32)53(59,60)61)71-51(67-45)48(31-9-15-35(56)16-10-31)50(70-71)38-18-17-36(21-40(38)58)74-27-29(2)76-46-23-42(33-12-20-44(66-25-33)54(62,63)64)72-52(68-46)47(30-7-13-34(55)14-8-30)49(69-72)37-5-3-4-6-39(37)57/h3-25,28-29,73H,26-27H2,1-2H3/t28-,29-/m0/s1. The summed E-state index contributed by atoms with van der Waals surface area (Å²) in [6, 6.07) is 33.1. The predicted molar refractivity (Wildman–Crippen MR) is 277 cm³/mol. The van der Waals surface area contributed by atoms with Crippen molar-refractivity contribution in [2.24, 2.45) is 0 Å². The third kappa shape index (κ3) is 10.8. The summed E-state index contributed by atoms with van der Waals surface area (Å²) in [7, 11) is 0. The van der Waals surface area contributed by atoms with Gasteiger partial charge in [0.25, 0.3) is 0 Å². The lowest BCUT2D eigenvalue weighted by molar-refractivity contribution is -0.141. The van der Waals surface area contributed by atoms with Gasteiger partial charge in [0.2, 0.25) is 11.8 Å². The van der Waals surface area contributed by atoms with Gasteiger partial charge in [0.05, 0.1) is 38.7 Å². The zero-order valence-electron chi connectivity index (χ0n) is 39.4. The number of halogens is 10. The molecule has 6 heterocycles. The molecule has 0 saturated heterocycles. The number of benzene rings is 4. The maximum atomic E-state index is 13.7. The Morgan fingerprint density at radius 2 is 1.03 bits per heavy atom. The molecule has 4 aromatic carbocycles. The maximum Gasteiger partial charge on any atom is 0.433 e. The molecule has 0 aliphatic rings. The van der Waals surface area contributed by atoms with Crippen LogP contribution >= 0.6 is 46.4 Å². The van der Waals surface area contributed by atoms with Gasteiger partial charge < -0.3 is 19.3 Å². The van der Waals surface area contributed by atoms with Gasteiger partial charge >= 0.3 is 12.4 Å². The van der Waals surface area contributed by atoms with E-state index >= 15 is 0 Å². The molecule has 0 aliphatic carbocycles. The minimum Gasteiger partial charge on any atom is -0.490 e. The van der Waals surface area contributed by atoms with Gasteiger partial charge in [-0.25, -0.2) is 9.03 Å². The van der Waals surface area contributed by atoms with Gasteiger partial charge in [0, 0.05) is 56.8 Å². The molecule has 0 amide bonds. The molecule has 0 unspecified atom stereocenters. The van der Waals surface area contributed by atoms with Crippen molar-refractivity contribution >= 4 is 57.7 Å². The van der Waals surface area contributed by atoms with Crippen LogP contribution in [0.3, 0.4) is 0 Å². The summed E-state index contributed by atoms with van der Waals surface area (Å²) < 4.78 is 103. The Morgan fingerprint density at radius 1 is 0.539 bits per heavy atom. The number of hydrogen-bond donors (Lipinski definition) is 1. The summed E-state index contributed by atoms with van der Waals surface area (Å²) in [5.41, 5.74) is 3.47. The van der Waals surface area contributed by atoms with Gasteiger partial charge in [0.1, 0.15) is 47.8 Å². The van der Waals surface area contributed by atoms with Crippen molar-refractivity contribution in [2.75, 3.05) is 13.2 Å². The molecule has 10 rings (SSSR count). The van der Waals surface area contributed by atoms with E-state index in [-0.39, 0.29) is 58.1 Å². The van der Waals surface area contributed by atoms with E-state index in [0.717, 1.165) is 24.5 Å². The molecular weight excluding hydrogens is 1080 g/mol. The SMILES string of the molecule is C[C@H](O)COc1cc(-c2ccc(C(F)(F)F)nc2)n2nc(-c3ccc(OC[C@H](C)Oc4cc(-c5ccc(C(F)(F)F)nc5)n5nc(-c6ccccc6Cl)c(-c6ccc(Cl)cc6)c5n4)cc3Cl)c(-c3ccc(Cl)cc3)c2n1. The number of rotatable bonds is 14. The van der Waals surface area contributed by atoms with Crippen LogP contribution in [0.15, 0.2) is 140 Å². The second-order valence-electron chi connectivity index (χ2n) is 17.3. The van der Waals surface area contributed by atoms with Gasteiger partial charge in [-0.15, -0.1) is 0 Å². The molecule has 76 heavy (non-hydrogen) atoms. The monoisotopic (exact) mass is 1110 g/mol. The average molecular weight is 1120 g/mol. The minimum atomic E-state index is -4.68. The molecule has 10 aromatic rings. The van der Waals surface area contributed by atoms with Crippen LogP contribution in [0.4, 0.5) is 26.3 Å². The van der Waals surface area contributed by atoms with Gasteiger partial charge in [0.15, 0.2) is 11.3 Å². The quantitative estimate of drug-likeness (QED) is 0.105. The topological polar surface area (TPSA) is 134 Å². The van der Waals surface area contributed by atoms with Gasteiger partial charge in [-0.1, -0.05) is 88.9 Å². The minimum absolute atomic E-state index is 0.0492. The van der Waals surface area contributed by atoms with Crippen molar-refractivity contribution < 1.29 is 45.7 Å². The van der Waals surface area contributed by atoms with Gasteiger partial charge in [-0.2, -0.15) is 46.5 Å². The highest BCUT2D eigenvalue weighted by molar-refractivity contribution is 6.34. The molecule has 12 nitrogen and oxygen atoms in total. The molecule has 0 fully saturated rings. The van der Waals surface area contributed by atoms with E-state index in [1.165, 1.54) is 40.2 Å². The first-order valence-electron chi connectivity index (χ1n) is 22.9. The van der Waals surface area contributed by atoms with Gasteiger partial charge in [-0.05, 0) is 97.8 Å². The Labute approximate surface area is 448 Å². The van der Waals surface area contributed by atoms with Crippen molar-refractivity contribution in [1.82, 2.24) is 39.2 Å². The third-order valence-corrected chi connectivity index (χ3v) is 12.8. The largest absolute Gasteiger partial charge is 0.490 e. The lowest BCUT2D eigenvalue weighted by Crippen LogP contribution is -2.22. The van der Waals surface area contributed by atoms with Crippen molar-refractivity contribution in [1.29, 1.82) is 0 Å². The van der Waals surface area contributed by atoms with E-state index < -0.39 is 35.9 Å². The van der Waals surface area contributed by atoms with Crippen LogP contribution in [0.25, 0.3) is 78.6 Å². The Kier molecular flexibility index (Phi) is 14.3. The number of hydrogen-bond acceptors (Lipinski definition) is 10. The molecule has 2 atom stereocenters. The zero-order chi connectivity index (χ0) is 53.6. The Hall–Kier alpha value is -7.48. The lowest BCUT2D eigenvalue weighted by Gasteiger charge is -2.17. The van der Waals surface area contributed by atoms with Crippen LogP contribution in [0.5, 0.6) is 17.5 Å². The summed E-state index contributed by atoms with van der Waals surface area (Å²) >= 11 is 26.4. The summed E-state index contributed by atoms with van der Waals surface area (Å²) in [4.78, 5) is 17.0. The number of pyridine rings is 2. The molecule has 6 aromatic heterocycles. The molecule has 0 bridgehead atoms. The molecule has 0 radical (unpaired) electrons. The first kappa shape index (κ1) is 52.0. The van der Waals surface area contributed by atoms with Crippen LogP contribution < -0.4 is 14.2 Å². The number of aliphatic hydroxyl groups excluding tert-OH is 1. The summed E-state index contributed by atoms with van der Waals surface area (Å²) in [5, 5.41) is 21.4. The number of ether oxygens (including phenoxy) is 3. The van der Waals surface area contributed by atoms with E-state index in [2.05, 4.69) is 9.97 Å². The fourth-order valence-electron chi connectivity index (χ4n) is 8.19. The van der Waals surface area contributed by atoms with Crippen molar-refractivity contribution in [3.8, 4) is 84.8 Å². The molecule has 0 aliphatic heterocycles. The first-order chi connectivity index (χ1) is 36.3. The first-order valence-corrected chi connectivity index (χ1v) is 24.4. The molecule has 0 spiro atoms. The smallest absolute Gasteiger partial charge is 0.433 e. The van der Waals surface area contributed by atoms with Crippen LogP contribution in [0.2, 0.25) is 20.1 Å². The third-order valence-electron chi connectivity index (χ3n) is 11.7.